The SMILES string of the molecule is CCOc1ccc(OCC)c(Nc2ncnc3sc4c(c23)CCCC4)c1. The molecule has 0 aliphatic heterocycles. The lowest BCUT2D eigenvalue weighted by atomic mass is 9.97. The van der Waals surface area contributed by atoms with Crippen molar-refractivity contribution in [3.63, 3.8) is 0 Å². The van der Waals surface area contributed by atoms with Crippen LogP contribution in [0.4, 0.5) is 11.5 Å². The Morgan fingerprint density at radius 2 is 1.92 bits per heavy atom. The molecule has 136 valence electrons. The van der Waals surface area contributed by atoms with Gasteiger partial charge in [0.25, 0.3) is 0 Å². The maximum atomic E-state index is 5.79. The Morgan fingerprint density at radius 1 is 1.08 bits per heavy atom. The molecule has 2 aromatic heterocycles. The van der Waals surface area contributed by atoms with Gasteiger partial charge in [-0.25, -0.2) is 9.97 Å². The highest BCUT2D eigenvalue weighted by atomic mass is 32.1. The minimum absolute atomic E-state index is 0.607. The number of thiophene rings is 1. The van der Waals surface area contributed by atoms with Crippen molar-refractivity contribution in [2.75, 3.05) is 18.5 Å². The number of hydrogen-bond acceptors (Lipinski definition) is 6. The van der Waals surface area contributed by atoms with Gasteiger partial charge in [0, 0.05) is 10.9 Å². The van der Waals surface area contributed by atoms with E-state index < -0.39 is 0 Å². The Hall–Kier alpha value is -2.34. The summed E-state index contributed by atoms with van der Waals surface area (Å²) in [6, 6.07) is 5.85. The zero-order valence-electron chi connectivity index (χ0n) is 15.2. The fourth-order valence-corrected chi connectivity index (χ4v) is 4.69. The first-order valence-corrected chi connectivity index (χ1v) is 10.0. The number of ether oxygens (including phenoxy) is 2. The summed E-state index contributed by atoms with van der Waals surface area (Å²) >= 11 is 1.80. The van der Waals surface area contributed by atoms with Crippen molar-refractivity contribution in [3.05, 3.63) is 35.0 Å². The first-order valence-electron chi connectivity index (χ1n) is 9.22. The van der Waals surface area contributed by atoms with Crippen LogP contribution in [-0.2, 0) is 12.8 Å². The second-order valence-corrected chi connectivity index (χ2v) is 7.35. The van der Waals surface area contributed by atoms with Crippen molar-refractivity contribution in [3.8, 4) is 11.5 Å². The largest absolute Gasteiger partial charge is 0.494 e. The summed E-state index contributed by atoms with van der Waals surface area (Å²) in [5.41, 5.74) is 2.28. The minimum Gasteiger partial charge on any atom is -0.494 e. The van der Waals surface area contributed by atoms with Gasteiger partial charge in [-0.15, -0.1) is 11.3 Å². The first-order chi connectivity index (χ1) is 12.8. The average Bonchev–Trinajstić information content (AvgIpc) is 3.04. The molecule has 0 radical (unpaired) electrons. The summed E-state index contributed by atoms with van der Waals surface area (Å²) in [6.07, 6.45) is 6.39. The van der Waals surface area contributed by atoms with E-state index in [0.717, 1.165) is 46.1 Å². The van der Waals surface area contributed by atoms with E-state index in [0.29, 0.717) is 13.2 Å². The summed E-state index contributed by atoms with van der Waals surface area (Å²) < 4.78 is 11.4. The van der Waals surface area contributed by atoms with Crippen LogP contribution in [0.3, 0.4) is 0 Å². The van der Waals surface area contributed by atoms with Gasteiger partial charge in [-0.3, -0.25) is 0 Å². The molecule has 0 spiro atoms. The number of fused-ring (bicyclic) bond motifs is 3. The highest BCUT2D eigenvalue weighted by Crippen LogP contribution is 2.40. The van der Waals surface area contributed by atoms with E-state index in [2.05, 4.69) is 15.3 Å². The number of nitrogens with zero attached hydrogens (tertiary/aromatic N) is 2. The molecule has 0 saturated carbocycles. The fourth-order valence-electron chi connectivity index (χ4n) is 3.46. The zero-order valence-corrected chi connectivity index (χ0v) is 16.0. The van der Waals surface area contributed by atoms with E-state index in [-0.39, 0.29) is 0 Å². The lowest BCUT2D eigenvalue weighted by Gasteiger charge is -2.15. The highest BCUT2D eigenvalue weighted by molar-refractivity contribution is 7.19. The van der Waals surface area contributed by atoms with Crippen LogP contribution < -0.4 is 14.8 Å². The molecule has 2 heterocycles. The van der Waals surface area contributed by atoms with Gasteiger partial charge in [0.15, 0.2) is 0 Å². The topological polar surface area (TPSA) is 56.3 Å². The Kier molecular flexibility index (Phi) is 4.93. The first kappa shape index (κ1) is 17.1. The summed E-state index contributed by atoms with van der Waals surface area (Å²) in [5, 5.41) is 4.65. The van der Waals surface area contributed by atoms with Crippen LogP contribution in [0.1, 0.15) is 37.1 Å². The van der Waals surface area contributed by atoms with Gasteiger partial charge in [-0.05, 0) is 57.2 Å². The van der Waals surface area contributed by atoms with E-state index in [1.807, 2.05) is 32.0 Å². The molecule has 5 nitrogen and oxygen atoms in total. The van der Waals surface area contributed by atoms with Gasteiger partial charge in [-0.1, -0.05) is 0 Å². The van der Waals surface area contributed by atoms with E-state index in [1.165, 1.54) is 23.3 Å². The van der Waals surface area contributed by atoms with Crippen LogP contribution in [0.25, 0.3) is 10.2 Å². The molecule has 4 rings (SSSR count). The normalized spacial score (nSPS) is 13.5. The second-order valence-electron chi connectivity index (χ2n) is 6.26. The van der Waals surface area contributed by atoms with E-state index in [1.54, 1.807) is 17.7 Å². The third-order valence-electron chi connectivity index (χ3n) is 4.57. The Morgan fingerprint density at radius 3 is 2.77 bits per heavy atom. The Labute approximate surface area is 157 Å². The van der Waals surface area contributed by atoms with Crippen LogP contribution in [-0.4, -0.2) is 23.2 Å². The summed E-state index contributed by atoms with van der Waals surface area (Å²) in [4.78, 5) is 11.6. The zero-order chi connectivity index (χ0) is 17.9. The van der Waals surface area contributed by atoms with Gasteiger partial charge in [0.2, 0.25) is 0 Å². The van der Waals surface area contributed by atoms with Crippen LogP contribution in [0.15, 0.2) is 24.5 Å². The van der Waals surface area contributed by atoms with Gasteiger partial charge in [-0.2, -0.15) is 0 Å². The molecular formula is C20H23N3O2S. The van der Waals surface area contributed by atoms with Crippen molar-refractivity contribution in [1.29, 1.82) is 0 Å². The van der Waals surface area contributed by atoms with Gasteiger partial charge in [0.05, 0.1) is 24.3 Å². The molecule has 0 fully saturated rings. The quantitative estimate of drug-likeness (QED) is 0.654. The Bertz CT molecular complexity index is 923. The lowest BCUT2D eigenvalue weighted by Crippen LogP contribution is -2.03. The molecule has 6 heteroatoms. The van der Waals surface area contributed by atoms with Gasteiger partial charge in [0.1, 0.15) is 28.5 Å². The highest BCUT2D eigenvalue weighted by Gasteiger charge is 2.20. The number of aromatic nitrogens is 2. The average molecular weight is 369 g/mol. The Balaban J connectivity index is 1.77. The molecule has 3 aromatic rings. The monoisotopic (exact) mass is 369 g/mol. The molecule has 0 unspecified atom stereocenters. The number of benzene rings is 1. The molecule has 0 amide bonds. The third-order valence-corrected chi connectivity index (χ3v) is 5.77. The smallest absolute Gasteiger partial charge is 0.143 e. The molecule has 0 saturated heterocycles. The van der Waals surface area contributed by atoms with E-state index in [4.69, 9.17) is 9.47 Å². The number of rotatable bonds is 6. The number of hydrogen-bond donors (Lipinski definition) is 1. The molecular weight excluding hydrogens is 346 g/mol. The van der Waals surface area contributed by atoms with E-state index >= 15 is 0 Å². The van der Waals surface area contributed by atoms with Crippen molar-refractivity contribution < 1.29 is 9.47 Å². The molecule has 1 aliphatic carbocycles. The summed E-state index contributed by atoms with van der Waals surface area (Å²) in [7, 11) is 0. The van der Waals surface area contributed by atoms with Gasteiger partial charge >= 0.3 is 0 Å². The molecule has 1 aromatic carbocycles. The molecule has 0 atom stereocenters. The number of nitrogens with one attached hydrogen (secondary N) is 1. The predicted octanol–water partition coefficient (Wildman–Crippen LogP) is 5.11. The van der Waals surface area contributed by atoms with Crippen LogP contribution in [0.2, 0.25) is 0 Å². The summed E-state index contributed by atoms with van der Waals surface area (Å²) in [5.74, 6) is 2.46. The fraction of sp³-hybridized carbons (Fsp3) is 0.400. The molecule has 1 N–H and O–H groups in total. The number of aryl methyl sites for hydroxylation is 2. The van der Waals surface area contributed by atoms with Crippen molar-refractivity contribution in [2.45, 2.75) is 39.5 Å². The molecule has 0 bridgehead atoms. The minimum atomic E-state index is 0.607. The number of anilines is 2. The van der Waals surface area contributed by atoms with Crippen LogP contribution >= 0.6 is 11.3 Å². The molecule has 26 heavy (non-hydrogen) atoms. The summed E-state index contributed by atoms with van der Waals surface area (Å²) in [6.45, 7) is 5.20. The standard InChI is InChI=1S/C20H23N3O2S/c1-3-24-13-9-10-16(25-4-2)15(11-13)23-19-18-14-7-5-6-8-17(14)26-20(18)22-12-21-19/h9-12H,3-8H2,1-2H3,(H,21,22,23). The van der Waals surface area contributed by atoms with Crippen molar-refractivity contribution in [1.82, 2.24) is 9.97 Å². The molecule has 1 aliphatic rings. The van der Waals surface area contributed by atoms with Crippen LogP contribution in [0, 0.1) is 0 Å². The van der Waals surface area contributed by atoms with Crippen molar-refractivity contribution >= 4 is 33.1 Å². The van der Waals surface area contributed by atoms with E-state index in [9.17, 15) is 0 Å². The third kappa shape index (κ3) is 3.21. The van der Waals surface area contributed by atoms with Gasteiger partial charge < -0.3 is 14.8 Å². The lowest BCUT2D eigenvalue weighted by molar-refractivity contribution is 0.332. The van der Waals surface area contributed by atoms with Crippen molar-refractivity contribution in [2.24, 2.45) is 0 Å². The maximum Gasteiger partial charge on any atom is 0.143 e. The maximum absolute atomic E-state index is 5.79. The second kappa shape index (κ2) is 7.50. The van der Waals surface area contributed by atoms with Crippen LogP contribution in [0.5, 0.6) is 11.5 Å². The predicted molar refractivity (Wildman–Crippen MR) is 106 cm³/mol.